The molecule has 2 amide bonds. The van der Waals surface area contributed by atoms with Crippen LogP contribution in [0.2, 0.25) is 0 Å². The molecule has 1 aliphatic carbocycles. The third kappa shape index (κ3) is 4.71. The van der Waals surface area contributed by atoms with Crippen LogP contribution in [0.5, 0.6) is 5.75 Å². The number of para-hydroxylation sites is 2. The zero-order valence-corrected chi connectivity index (χ0v) is 17.5. The van der Waals surface area contributed by atoms with E-state index >= 15 is 0 Å². The van der Waals surface area contributed by atoms with Gasteiger partial charge in [-0.25, -0.2) is 0 Å². The standard InChI is InChI=1S/C24H26N2O5/c1-17-23(29)26(19-9-5-6-10-20(19)31-17)14-11-22(28)30-15-21(27)25-16-24(12-13-24)18-7-3-2-4-8-18/h2-10,17H,11-16H2,1H3,(H,25,27). The van der Waals surface area contributed by atoms with Gasteiger partial charge in [0.25, 0.3) is 11.8 Å². The highest BCUT2D eigenvalue weighted by Gasteiger charge is 2.44. The molecule has 0 bridgehead atoms. The summed E-state index contributed by atoms with van der Waals surface area (Å²) >= 11 is 0. The summed E-state index contributed by atoms with van der Waals surface area (Å²) in [5.41, 5.74) is 1.85. The van der Waals surface area contributed by atoms with Gasteiger partial charge in [0.2, 0.25) is 0 Å². The van der Waals surface area contributed by atoms with Crippen LogP contribution in [-0.2, 0) is 24.5 Å². The average Bonchev–Trinajstić information content (AvgIpc) is 3.58. The number of amides is 2. The van der Waals surface area contributed by atoms with Crippen molar-refractivity contribution in [2.24, 2.45) is 0 Å². The lowest BCUT2D eigenvalue weighted by Crippen LogP contribution is -2.45. The third-order valence-electron chi connectivity index (χ3n) is 5.84. The molecule has 1 aliphatic heterocycles. The van der Waals surface area contributed by atoms with E-state index in [0.717, 1.165) is 12.8 Å². The van der Waals surface area contributed by atoms with Crippen LogP contribution in [0.15, 0.2) is 54.6 Å². The summed E-state index contributed by atoms with van der Waals surface area (Å²) in [7, 11) is 0. The van der Waals surface area contributed by atoms with Crippen molar-refractivity contribution >= 4 is 23.5 Å². The summed E-state index contributed by atoms with van der Waals surface area (Å²) in [4.78, 5) is 38.3. The van der Waals surface area contributed by atoms with Crippen LogP contribution in [0, 0.1) is 0 Å². The van der Waals surface area contributed by atoms with Crippen LogP contribution in [0.3, 0.4) is 0 Å². The van der Waals surface area contributed by atoms with Gasteiger partial charge in [-0.1, -0.05) is 42.5 Å². The summed E-state index contributed by atoms with van der Waals surface area (Å²) < 4.78 is 10.7. The molecule has 2 aromatic carbocycles. The van der Waals surface area contributed by atoms with Gasteiger partial charge in [-0.2, -0.15) is 0 Å². The van der Waals surface area contributed by atoms with Gasteiger partial charge in [0, 0.05) is 18.5 Å². The van der Waals surface area contributed by atoms with Gasteiger partial charge in [0.05, 0.1) is 12.1 Å². The van der Waals surface area contributed by atoms with Crippen LogP contribution in [0.1, 0.15) is 31.7 Å². The van der Waals surface area contributed by atoms with E-state index in [9.17, 15) is 14.4 Å². The number of carbonyl (C=O) groups excluding carboxylic acids is 3. The maximum absolute atomic E-state index is 12.5. The number of hydrogen-bond acceptors (Lipinski definition) is 5. The van der Waals surface area contributed by atoms with E-state index < -0.39 is 12.1 Å². The Balaban J connectivity index is 1.23. The fraction of sp³-hybridized carbons (Fsp3) is 0.375. The minimum Gasteiger partial charge on any atom is -0.479 e. The lowest BCUT2D eigenvalue weighted by molar-refractivity contribution is -0.148. The van der Waals surface area contributed by atoms with E-state index in [2.05, 4.69) is 17.4 Å². The molecule has 0 saturated heterocycles. The highest BCUT2D eigenvalue weighted by molar-refractivity contribution is 6.00. The van der Waals surface area contributed by atoms with Gasteiger partial charge in [0.15, 0.2) is 12.7 Å². The lowest BCUT2D eigenvalue weighted by Gasteiger charge is -2.32. The van der Waals surface area contributed by atoms with E-state index in [-0.39, 0.29) is 36.8 Å². The smallest absolute Gasteiger partial charge is 0.308 e. The number of carbonyl (C=O) groups is 3. The van der Waals surface area contributed by atoms with E-state index in [1.165, 1.54) is 10.5 Å². The van der Waals surface area contributed by atoms with Crippen molar-refractivity contribution in [1.29, 1.82) is 0 Å². The fourth-order valence-electron chi connectivity index (χ4n) is 3.84. The molecule has 1 fully saturated rings. The monoisotopic (exact) mass is 422 g/mol. The first kappa shape index (κ1) is 20.9. The molecule has 1 heterocycles. The molecule has 0 aromatic heterocycles. The topological polar surface area (TPSA) is 84.9 Å². The number of anilines is 1. The zero-order valence-electron chi connectivity index (χ0n) is 17.5. The number of rotatable bonds is 8. The Morgan fingerprint density at radius 3 is 2.58 bits per heavy atom. The number of nitrogens with one attached hydrogen (secondary N) is 1. The van der Waals surface area contributed by atoms with Crippen LogP contribution in [0.4, 0.5) is 5.69 Å². The first-order valence-electron chi connectivity index (χ1n) is 10.5. The molecule has 2 aromatic rings. The third-order valence-corrected chi connectivity index (χ3v) is 5.84. The first-order valence-corrected chi connectivity index (χ1v) is 10.5. The van der Waals surface area contributed by atoms with Crippen molar-refractivity contribution in [3.8, 4) is 5.75 Å². The highest BCUT2D eigenvalue weighted by atomic mass is 16.5. The Kier molecular flexibility index (Phi) is 5.93. The Bertz CT molecular complexity index is 971. The highest BCUT2D eigenvalue weighted by Crippen LogP contribution is 2.47. The summed E-state index contributed by atoms with van der Waals surface area (Å²) in [5, 5.41) is 2.87. The van der Waals surface area contributed by atoms with E-state index in [1.807, 2.05) is 30.3 Å². The predicted octanol–water partition coefficient (Wildman–Crippen LogP) is 2.58. The van der Waals surface area contributed by atoms with Gasteiger partial charge in [-0.3, -0.25) is 14.4 Å². The van der Waals surface area contributed by atoms with Crippen LogP contribution >= 0.6 is 0 Å². The van der Waals surface area contributed by atoms with Crippen LogP contribution < -0.4 is 15.0 Å². The summed E-state index contributed by atoms with van der Waals surface area (Å²) in [6, 6.07) is 17.3. The van der Waals surface area contributed by atoms with Gasteiger partial charge in [-0.15, -0.1) is 0 Å². The van der Waals surface area contributed by atoms with Crippen molar-refractivity contribution in [3.05, 3.63) is 60.2 Å². The Morgan fingerprint density at radius 2 is 1.84 bits per heavy atom. The molecule has 1 unspecified atom stereocenters. The zero-order chi connectivity index (χ0) is 21.8. The van der Waals surface area contributed by atoms with Crippen molar-refractivity contribution in [2.45, 2.75) is 37.7 Å². The van der Waals surface area contributed by atoms with Crippen LogP contribution in [-0.4, -0.2) is 43.6 Å². The minimum absolute atomic E-state index is 0.00169. The molecule has 0 radical (unpaired) electrons. The molecular formula is C24H26N2O5. The second kappa shape index (κ2) is 8.79. The fourth-order valence-corrected chi connectivity index (χ4v) is 3.84. The molecule has 7 heteroatoms. The molecule has 4 rings (SSSR count). The summed E-state index contributed by atoms with van der Waals surface area (Å²) in [5.74, 6) is -0.449. The number of fused-ring (bicyclic) bond motifs is 1. The van der Waals surface area contributed by atoms with Crippen molar-refractivity contribution in [3.63, 3.8) is 0 Å². The number of nitrogens with zero attached hydrogens (tertiary/aromatic N) is 1. The number of ether oxygens (including phenoxy) is 2. The molecular weight excluding hydrogens is 396 g/mol. The maximum atomic E-state index is 12.5. The SMILES string of the molecule is CC1Oc2ccccc2N(CCC(=O)OCC(=O)NCC2(c3ccccc3)CC2)C1=O. The van der Waals surface area contributed by atoms with E-state index in [1.54, 1.807) is 19.1 Å². The largest absolute Gasteiger partial charge is 0.479 e. The molecule has 0 spiro atoms. The van der Waals surface area contributed by atoms with Crippen LogP contribution in [0.25, 0.3) is 0 Å². The number of hydrogen-bond donors (Lipinski definition) is 1. The first-order chi connectivity index (χ1) is 15.0. The Morgan fingerprint density at radius 1 is 1.13 bits per heavy atom. The van der Waals surface area contributed by atoms with Crippen molar-refractivity contribution in [2.75, 3.05) is 24.6 Å². The van der Waals surface area contributed by atoms with Gasteiger partial charge in [0.1, 0.15) is 5.75 Å². The maximum Gasteiger partial charge on any atom is 0.308 e. The van der Waals surface area contributed by atoms with E-state index in [4.69, 9.17) is 9.47 Å². The lowest BCUT2D eigenvalue weighted by atomic mass is 9.96. The molecule has 1 N–H and O–H groups in total. The molecule has 2 aliphatic rings. The predicted molar refractivity (Wildman–Crippen MR) is 115 cm³/mol. The number of benzene rings is 2. The normalized spacial score (nSPS) is 18.5. The molecule has 1 atom stereocenters. The van der Waals surface area contributed by atoms with Crippen molar-refractivity contribution in [1.82, 2.24) is 5.32 Å². The van der Waals surface area contributed by atoms with Gasteiger partial charge in [-0.05, 0) is 37.5 Å². The van der Waals surface area contributed by atoms with Gasteiger partial charge < -0.3 is 19.7 Å². The molecule has 31 heavy (non-hydrogen) atoms. The quantitative estimate of drug-likeness (QED) is 0.661. The second-order valence-corrected chi connectivity index (χ2v) is 8.05. The molecule has 162 valence electrons. The number of esters is 1. The Hall–Kier alpha value is -3.35. The average molecular weight is 422 g/mol. The molecule has 1 saturated carbocycles. The van der Waals surface area contributed by atoms with Gasteiger partial charge >= 0.3 is 5.97 Å². The minimum atomic E-state index is -0.615. The Labute approximate surface area is 181 Å². The summed E-state index contributed by atoms with van der Waals surface area (Å²) in [6.45, 7) is 2.05. The summed E-state index contributed by atoms with van der Waals surface area (Å²) in [6.07, 6.45) is 1.44. The second-order valence-electron chi connectivity index (χ2n) is 8.05. The molecule has 7 nitrogen and oxygen atoms in total. The van der Waals surface area contributed by atoms with Crippen molar-refractivity contribution < 1.29 is 23.9 Å². The van der Waals surface area contributed by atoms with E-state index in [0.29, 0.717) is 18.0 Å².